The molecule has 1 aliphatic rings. The lowest BCUT2D eigenvalue weighted by atomic mass is 10.0. The number of aryl methyl sites for hydroxylation is 1. The second-order valence-electron chi connectivity index (χ2n) is 5.60. The fourth-order valence-electron chi connectivity index (χ4n) is 2.77. The van der Waals surface area contributed by atoms with Gasteiger partial charge in [-0.1, -0.05) is 6.07 Å². The van der Waals surface area contributed by atoms with Gasteiger partial charge in [-0.3, -0.25) is 9.89 Å². The van der Waals surface area contributed by atoms with E-state index >= 15 is 0 Å². The average Bonchev–Trinajstić information content (AvgIpc) is 2.87. The van der Waals surface area contributed by atoms with E-state index in [1.165, 1.54) is 0 Å². The number of thioether (sulfide) groups is 1. The number of ether oxygens (including phenoxy) is 2. The maximum Gasteiger partial charge on any atom is 0.238 e. The summed E-state index contributed by atoms with van der Waals surface area (Å²) in [4.78, 5) is 12.2. The highest BCUT2D eigenvalue weighted by molar-refractivity contribution is 8.01. The molecule has 0 unspecified atom stereocenters. The van der Waals surface area contributed by atoms with Crippen molar-refractivity contribution in [3.8, 4) is 11.5 Å². The predicted octanol–water partition coefficient (Wildman–Crippen LogP) is 3.29. The summed E-state index contributed by atoms with van der Waals surface area (Å²) >= 11 is 1.60. The third-order valence-corrected chi connectivity index (χ3v) is 5.40. The first-order chi connectivity index (χ1) is 11.5. The number of aromatic amines is 1. The van der Waals surface area contributed by atoms with Gasteiger partial charge in [-0.05, 0) is 38.5 Å². The van der Waals surface area contributed by atoms with Gasteiger partial charge in [0, 0.05) is 11.3 Å². The summed E-state index contributed by atoms with van der Waals surface area (Å²) in [5.41, 5.74) is 3.00. The molecular formula is C17H21N3O3S. The Morgan fingerprint density at radius 3 is 2.83 bits per heavy atom. The van der Waals surface area contributed by atoms with Gasteiger partial charge in [-0.25, -0.2) is 0 Å². The van der Waals surface area contributed by atoms with Crippen molar-refractivity contribution in [1.29, 1.82) is 0 Å². The molecule has 128 valence electrons. The van der Waals surface area contributed by atoms with Crippen molar-refractivity contribution < 1.29 is 14.3 Å². The lowest BCUT2D eigenvalue weighted by Gasteiger charge is -2.19. The molecule has 0 aliphatic carbocycles. The van der Waals surface area contributed by atoms with Gasteiger partial charge in [0.25, 0.3) is 0 Å². The average molecular weight is 347 g/mol. The van der Waals surface area contributed by atoms with E-state index < -0.39 is 0 Å². The van der Waals surface area contributed by atoms with Crippen LogP contribution in [0.2, 0.25) is 0 Å². The van der Waals surface area contributed by atoms with Crippen LogP contribution >= 0.6 is 11.8 Å². The van der Waals surface area contributed by atoms with Crippen LogP contribution in [0, 0.1) is 6.92 Å². The monoisotopic (exact) mass is 347 g/mol. The zero-order chi connectivity index (χ0) is 17.3. The van der Waals surface area contributed by atoms with Crippen LogP contribution in [0.3, 0.4) is 0 Å². The van der Waals surface area contributed by atoms with E-state index in [2.05, 4.69) is 15.5 Å². The number of fused-ring (bicyclic) bond motifs is 1. The molecule has 0 saturated carbocycles. The van der Waals surface area contributed by atoms with Crippen molar-refractivity contribution in [3.05, 3.63) is 35.0 Å². The standard InChI is InChI=1S/C17H21N3O3S/c1-5-23-12-7-6-11(8-13(12)22-4)15-14-9(2)19-20-16(14)18-17(21)10(3)24-15/h6-8,10,15H,5H2,1-4H3,(H2,18,19,20,21)/t10-,15+/m1/s1. The van der Waals surface area contributed by atoms with E-state index in [0.29, 0.717) is 23.9 Å². The number of methoxy groups -OCH3 is 1. The zero-order valence-electron chi connectivity index (χ0n) is 14.2. The molecule has 1 aromatic heterocycles. The summed E-state index contributed by atoms with van der Waals surface area (Å²) in [7, 11) is 1.63. The molecule has 0 bridgehead atoms. The van der Waals surface area contributed by atoms with E-state index in [-0.39, 0.29) is 16.4 Å². The summed E-state index contributed by atoms with van der Waals surface area (Å²) < 4.78 is 11.1. The fourth-order valence-corrected chi connectivity index (χ4v) is 4.09. The number of hydrogen-bond donors (Lipinski definition) is 2. The molecule has 0 radical (unpaired) electrons. The van der Waals surface area contributed by atoms with Gasteiger partial charge in [0.1, 0.15) is 0 Å². The van der Waals surface area contributed by atoms with Crippen LogP contribution in [0.25, 0.3) is 0 Å². The fraction of sp³-hybridized carbons (Fsp3) is 0.412. The molecule has 2 N–H and O–H groups in total. The molecule has 0 saturated heterocycles. The van der Waals surface area contributed by atoms with Crippen LogP contribution in [-0.4, -0.2) is 35.1 Å². The molecule has 1 aromatic carbocycles. The number of hydrogen-bond acceptors (Lipinski definition) is 5. The Hall–Kier alpha value is -2.15. The van der Waals surface area contributed by atoms with Crippen LogP contribution in [-0.2, 0) is 4.79 Å². The molecule has 1 aliphatic heterocycles. The summed E-state index contributed by atoms with van der Waals surface area (Å²) in [6.45, 7) is 6.39. The molecule has 2 atom stereocenters. The van der Waals surface area contributed by atoms with Crippen molar-refractivity contribution in [3.63, 3.8) is 0 Å². The van der Waals surface area contributed by atoms with Crippen LogP contribution in [0.15, 0.2) is 18.2 Å². The molecule has 6 nitrogen and oxygen atoms in total. The molecule has 24 heavy (non-hydrogen) atoms. The van der Waals surface area contributed by atoms with Crippen LogP contribution in [0.1, 0.15) is 35.9 Å². The van der Waals surface area contributed by atoms with E-state index in [1.54, 1.807) is 18.9 Å². The van der Waals surface area contributed by atoms with Gasteiger partial charge >= 0.3 is 0 Å². The predicted molar refractivity (Wildman–Crippen MR) is 95.0 cm³/mol. The minimum atomic E-state index is -0.179. The normalized spacial score (nSPS) is 20.1. The number of carbonyl (C=O) groups is 1. The first-order valence-electron chi connectivity index (χ1n) is 7.87. The Morgan fingerprint density at radius 2 is 2.12 bits per heavy atom. The number of aromatic nitrogens is 2. The molecule has 2 aromatic rings. The maximum atomic E-state index is 12.2. The smallest absolute Gasteiger partial charge is 0.238 e. The zero-order valence-corrected chi connectivity index (χ0v) is 15.0. The summed E-state index contributed by atoms with van der Waals surface area (Å²) in [6, 6.07) is 5.91. The second kappa shape index (κ2) is 6.76. The van der Waals surface area contributed by atoms with Crippen molar-refractivity contribution in [1.82, 2.24) is 10.2 Å². The van der Waals surface area contributed by atoms with E-state index in [9.17, 15) is 4.79 Å². The minimum Gasteiger partial charge on any atom is -0.493 e. The van der Waals surface area contributed by atoms with Gasteiger partial charge in [0.2, 0.25) is 5.91 Å². The number of benzene rings is 1. The van der Waals surface area contributed by atoms with Crippen molar-refractivity contribution in [2.24, 2.45) is 0 Å². The van der Waals surface area contributed by atoms with Gasteiger partial charge in [-0.2, -0.15) is 5.10 Å². The lowest BCUT2D eigenvalue weighted by molar-refractivity contribution is -0.115. The van der Waals surface area contributed by atoms with Crippen LogP contribution in [0.4, 0.5) is 5.82 Å². The quantitative estimate of drug-likeness (QED) is 0.887. The summed E-state index contributed by atoms with van der Waals surface area (Å²) in [5.74, 6) is 1.97. The highest BCUT2D eigenvalue weighted by Crippen LogP contribution is 2.46. The number of nitrogens with one attached hydrogen (secondary N) is 2. The van der Waals surface area contributed by atoms with Crippen LogP contribution < -0.4 is 14.8 Å². The number of anilines is 1. The summed E-state index contributed by atoms with van der Waals surface area (Å²) in [5, 5.41) is 9.91. The molecule has 7 heteroatoms. The third kappa shape index (κ3) is 2.96. The molecule has 0 spiro atoms. The number of nitrogens with zero attached hydrogens (tertiary/aromatic N) is 1. The second-order valence-corrected chi connectivity index (χ2v) is 7.05. The maximum absolute atomic E-state index is 12.2. The molecular weight excluding hydrogens is 326 g/mol. The first kappa shape index (κ1) is 16.7. The van der Waals surface area contributed by atoms with Gasteiger partial charge in [-0.15, -0.1) is 11.8 Å². The van der Waals surface area contributed by atoms with E-state index in [0.717, 1.165) is 16.8 Å². The molecule has 1 amide bonds. The Kier molecular flexibility index (Phi) is 4.71. The topological polar surface area (TPSA) is 76.2 Å². The van der Waals surface area contributed by atoms with Crippen molar-refractivity contribution >= 4 is 23.5 Å². The SMILES string of the molecule is CCOc1ccc([C@@H]2S[C@H](C)C(=O)Nc3n[nH]c(C)c32)cc1OC. The van der Waals surface area contributed by atoms with E-state index in [1.807, 2.05) is 39.0 Å². The number of amides is 1. The third-order valence-electron chi connectivity index (χ3n) is 4.00. The number of carbonyl (C=O) groups excluding carboxylic acids is 1. The Bertz CT molecular complexity index is 760. The van der Waals surface area contributed by atoms with Crippen LogP contribution in [0.5, 0.6) is 11.5 Å². The lowest BCUT2D eigenvalue weighted by Crippen LogP contribution is -2.21. The van der Waals surface area contributed by atoms with Crippen molar-refractivity contribution in [2.75, 3.05) is 19.0 Å². The summed E-state index contributed by atoms with van der Waals surface area (Å²) in [6.07, 6.45) is 0. The minimum absolute atomic E-state index is 0.0164. The molecule has 0 fully saturated rings. The highest BCUT2D eigenvalue weighted by atomic mass is 32.2. The number of rotatable bonds is 4. The molecule has 3 rings (SSSR count). The molecule has 2 heterocycles. The van der Waals surface area contributed by atoms with Gasteiger partial charge < -0.3 is 14.8 Å². The first-order valence-corrected chi connectivity index (χ1v) is 8.81. The Morgan fingerprint density at radius 1 is 1.33 bits per heavy atom. The highest BCUT2D eigenvalue weighted by Gasteiger charge is 2.32. The van der Waals surface area contributed by atoms with Gasteiger partial charge in [0.05, 0.1) is 24.2 Å². The van der Waals surface area contributed by atoms with Gasteiger partial charge in [0.15, 0.2) is 17.3 Å². The van der Waals surface area contributed by atoms with Crippen molar-refractivity contribution in [2.45, 2.75) is 31.3 Å². The largest absolute Gasteiger partial charge is 0.493 e. The number of H-pyrrole nitrogens is 1. The Labute approximate surface area is 145 Å². The Balaban J connectivity index is 2.07. The van der Waals surface area contributed by atoms with E-state index in [4.69, 9.17) is 9.47 Å².